The number of nitro groups is 1. The standard InChI is InChI=1S/C11H12ClN5O2/c1-11(2,3)8-7(17(18)19)9(12)16(15-8)10-13-5-4-6-14-10/h4-6H,1-3H3. The first-order valence-corrected chi connectivity index (χ1v) is 5.91. The fraction of sp³-hybridized carbons (Fsp3) is 0.364. The van der Waals surface area contributed by atoms with Crippen molar-refractivity contribution in [1.82, 2.24) is 19.7 Å². The van der Waals surface area contributed by atoms with Gasteiger partial charge >= 0.3 is 5.69 Å². The van der Waals surface area contributed by atoms with Gasteiger partial charge in [-0.2, -0.15) is 9.78 Å². The number of hydrogen-bond donors (Lipinski definition) is 0. The molecule has 0 radical (unpaired) electrons. The highest BCUT2D eigenvalue weighted by Gasteiger charge is 2.34. The summed E-state index contributed by atoms with van der Waals surface area (Å²) in [4.78, 5) is 18.6. The van der Waals surface area contributed by atoms with Gasteiger partial charge in [0.05, 0.1) is 4.92 Å². The smallest absolute Gasteiger partial charge is 0.258 e. The number of nitrogens with zero attached hydrogens (tertiary/aromatic N) is 5. The van der Waals surface area contributed by atoms with E-state index in [4.69, 9.17) is 11.6 Å². The van der Waals surface area contributed by atoms with Crippen LogP contribution in [0.3, 0.4) is 0 Å². The first-order chi connectivity index (χ1) is 8.82. The molecule has 0 N–H and O–H groups in total. The van der Waals surface area contributed by atoms with Crippen molar-refractivity contribution in [3.63, 3.8) is 0 Å². The molecule has 0 spiro atoms. The lowest BCUT2D eigenvalue weighted by Crippen LogP contribution is -2.14. The van der Waals surface area contributed by atoms with Crippen LogP contribution in [-0.2, 0) is 5.41 Å². The summed E-state index contributed by atoms with van der Waals surface area (Å²) in [7, 11) is 0. The number of rotatable bonds is 2. The maximum absolute atomic E-state index is 11.2. The van der Waals surface area contributed by atoms with Crippen molar-refractivity contribution in [2.45, 2.75) is 26.2 Å². The van der Waals surface area contributed by atoms with Crippen LogP contribution in [0.5, 0.6) is 0 Å². The molecule has 100 valence electrons. The number of hydrogen-bond acceptors (Lipinski definition) is 5. The van der Waals surface area contributed by atoms with E-state index in [1.54, 1.807) is 6.07 Å². The van der Waals surface area contributed by atoms with Crippen LogP contribution in [0, 0.1) is 10.1 Å². The van der Waals surface area contributed by atoms with E-state index in [1.807, 2.05) is 20.8 Å². The Hall–Kier alpha value is -2.02. The van der Waals surface area contributed by atoms with Crippen LogP contribution < -0.4 is 0 Å². The van der Waals surface area contributed by atoms with Gasteiger partial charge in [0, 0.05) is 17.8 Å². The van der Waals surface area contributed by atoms with E-state index < -0.39 is 10.3 Å². The quantitative estimate of drug-likeness (QED) is 0.623. The van der Waals surface area contributed by atoms with Gasteiger partial charge in [0.1, 0.15) is 5.69 Å². The van der Waals surface area contributed by atoms with Crippen LogP contribution in [0.4, 0.5) is 5.69 Å². The molecule has 0 aliphatic carbocycles. The molecule has 2 aromatic rings. The van der Waals surface area contributed by atoms with Gasteiger partial charge < -0.3 is 0 Å². The van der Waals surface area contributed by atoms with Gasteiger partial charge in [-0.3, -0.25) is 10.1 Å². The average molecular weight is 282 g/mol. The van der Waals surface area contributed by atoms with Gasteiger partial charge in [0.25, 0.3) is 5.95 Å². The third-order valence-electron chi connectivity index (χ3n) is 2.44. The summed E-state index contributed by atoms with van der Waals surface area (Å²) in [6.07, 6.45) is 3.03. The molecule has 0 unspecified atom stereocenters. The van der Waals surface area contributed by atoms with Crippen molar-refractivity contribution in [2.75, 3.05) is 0 Å². The van der Waals surface area contributed by atoms with Crippen LogP contribution >= 0.6 is 11.6 Å². The highest BCUT2D eigenvalue weighted by Crippen LogP contribution is 2.36. The molecule has 0 bridgehead atoms. The van der Waals surface area contributed by atoms with Crippen molar-refractivity contribution in [3.8, 4) is 5.95 Å². The Labute approximate surface area is 114 Å². The van der Waals surface area contributed by atoms with Crippen molar-refractivity contribution in [3.05, 3.63) is 39.4 Å². The summed E-state index contributed by atoms with van der Waals surface area (Å²) in [6.45, 7) is 5.48. The fourth-order valence-electron chi connectivity index (χ4n) is 1.59. The maximum Gasteiger partial charge on any atom is 0.330 e. The molecule has 7 nitrogen and oxygen atoms in total. The molecule has 0 aliphatic heterocycles. The van der Waals surface area contributed by atoms with Crippen molar-refractivity contribution in [1.29, 1.82) is 0 Å². The Bertz CT molecular complexity index is 618. The molecule has 0 fully saturated rings. The SMILES string of the molecule is CC(C)(C)c1nn(-c2ncccn2)c(Cl)c1[N+](=O)[O-]. The van der Waals surface area contributed by atoms with Crippen LogP contribution in [0.1, 0.15) is 26.5 Å². The topological polar surface area (TPSA) is 86.7 Å². The van der Waals surface area contributed by atoms with E-state index in [1.165, 1.54) is 17.1 Å². The summed E-state index contributed by atoms with van der Waals surface area (Å²) in [5, 5.41) is 15.3. The van der Waals surface area contributed by atoms with Gasteiger partial charge in [-0.1, -0.05) is 32.4 Å². The molecule has 0 amide bonds. The predicted molar refractivity (Wildman–Crippen MR) is 69.5 cm³/mol. The Kier molecular flexibility index (Phi) is 3.23. The molecule has 2 aromatic heterocycles. The van der Waals surface area contributed by atoms with E-state index in [0.29, 0.717) is 5.69 Å². The summed E-state index contributed by atoms with van der Waals surface area (Å²) in [5.41, 5.74) is -0.414. The van der Waals surface area contributed by atoms with Crippen molar-refractivity contribution >= 4 is 17.3 Å². The van der Waals surface area contributed by atoms with Crippen LogP contribution in [-0.4, -0.2) is 24.7 Å². The zero-order chi connectivity index (χ0) is 14.2. The largest absolute Gasteiger partial charge is 0.330 e. The average Bonchev–Trinajstić information content (AvgIpc) is 2.68. The lowest BCUT2D eigenvalue weighted by atomic mass is 9.91. The van der Waals surface area contributed by atoms with Crippen LogP contribution in [0.25, 0.3) is 5.95 Å². The van der Waals surface area contributed by atoms with E-state index >= 15 is 0 Å². The second-order valence-electron chi connectivity index (χ2n) is 4.96. The summed E-state index contributed by atoms with van der Waals surface area (Å²) < 4.78 is 1.18. The van der Waals surface area contributed by atoms with Gasteiger partial charge in [0.2, 0.25) is 5.15 Å². The molecular formula is C11H12ClN5O2. The van der Waals surface area contributed by atoms with E-state index in [9.17, 15) is 10.1 Å². The first-order valence-electron chi connectivity index (χ1n) is 5.53. The second-order valence-corrected chi connectivity index (χ2v) is 5.31. The van der Waals surface area contributed by atoms with Gasteiger partial charge in [-0.05, 0) is 6.07 Å². The van der Waals surface area contributed by atoms with Gasteiger partial charge in [0.15, 0.2) is 0 Å². The molecular weight excluding hydrogens is 270 g/mol. The third kappa shape index (κ3) is 2.41. The second kappa shape index (κ2) is 4.58. The lowest BCUT2D eigenvalue weighted by Gasteiger charge is -2.13. The lowest BCUT2D eigenvalue weighted by molar-refractivity contribution is -0.385. The monoisotopic (exact) mass is 281 g/mol. The molecule has 0 saturated heterocycles. The van der Waals surface area contributed by atoms with Crippen molar-refractivity contribution < 1.29 is 4.92 Å². The highest BCUT2D eigenvalue weighted by atomic mass is 35.5. The molecule has 19 heavy (non-hydrogen) atoms. The van der Waals surface area contributed by atoms with Gasteiger partial charge in [-0.25, -0.2) is 9.97 Å². The van der Waals surface area contributed by atoms with E-state index in [-0.39, 0.29) is 16.8 Å². The van der Waals surface area contributed by atoms with Gasteiger partial charge in [-0.15, -0.1) is 0 Å². The molecule has 0 aromatic carbocycles. The third-order valence-corrected chi connectivity index (χ3v) is 2.78. The maximum atomic E-state index is 11.2. The first kappa shape index (κ1) is 13.4. The summed E-state index contributed by atoms with van der Waals surface area (Å²) in [5.74, 6) is 0.200. The zero-order valence-electron chi connectivity index (χ0n) is 10.7. The molecule has 0 saturated carbocycles. The molecule has 0 atom stereocenters. The Morgan fingerprint density at radius 2 is 1.89 bits per heavy atom. The summed E-state index contributed by atoms with van der Waals surface area (Å²) in [6, 6.07) is 1.64. The van der Waals surface area contributed by atoms with E-state index in [0.717, 1.165) is 0 Å². The zero-order valence-corrected chi connectivity index (χ0v) is 11.4. The summed E-state index contributed by atoms with van der Waals surface area (Å²) >= 11 is 6.04. The minimum atomic E-state index is -0.532. The highest BCUT2D eigenvalue weighted by molar-refractivity contribution is 6.32. The Morgan fingerprint density at radius 1 is 1.32 bits per heavy atom. The molecule has 0 aliphatic rings. The Morgan fingerprint density at radius 3 is 2.32 bits per heavy atom. The molecule has 8 heteroatoms. The number of aromatic nitrogens is 4. The van der Waals surface area contributed by atoms with Crippen molar-refractivity contribution in [2.24, 2.45) is 0 Å². The fourth-order valence-corrected chi connectivity index (χ4v) is 1.86. The minimum absolute atomic E-state index is 0.0962. The number of halogens is 1. The molecule has 2 rings (SSSR count). The van der Waals surface area contributed by atoms with Crippen LogP contribution in [0.2, 0.25) is 5.15 Å². The molecule has 2 heterocycles. The predicted octanol–water partition coefficient (Wildman–Crippen LogP) is 2.52. The van der Waals surface area contributed by atoms with E-state index in [2.05, 4.69) is 15.1 Å². The Balaban J connectivity index is 2.70. The minimum Gasteiger partial charge on any atom is -0.258 e. The van der Waals surface area contributed by atoms with Crippen LogP contribution in [0.15, 0.2) is 18.5 Å². The normalized spacial score (nSPS) is 11.6.